The Morgan fingerprint density at radius 2 is 2.08 bits per heavy atom. The van der Waals surface area contributed by atoms with Crippen molar-refractivity contribution in [1.82, 2.24) is 0 Å². The number of ether oxygens (including phenoxy) is 1. The zero-order chi connectivity index (χ0) is 8.81. The Bertz CT molecular complexity index is 263. The molecule has 0 N–H and O–H groups in total. The third kappa shape index (κ3) is 2.12. The van der Waals surface area contributed by atoms with Gasteiger partial charge in [-0.05, 0) is 12.5 Å². The monoisotopic (exact) mass is 162 g/mol. The lowest BCUT2D eigenvalue weighted by molar-refractivity contribution is 0.414. The van der Waals surface area contributed by atoms with Crippen LogP contribution >= 0.6 is 0 Å². The first-order chi connectivity index (χ1) is 5.88. The van der Waals surface area contributed by atoms with Crippen molar-refractivity contribution in [3.05, 3.63) is 35.9 Å². The molecule has 0 aliphatic rings. The Labute approximate surface area is 73.7 Å². The maximum absolute atomic E-state index is 5.19. The fourth-order valence-corrected chi connectivity index (χ4v) is 1.05. The van der Waals surface area contributed by atoms with Gasteiger partial charge in [0.05, 0.1) is 7.11 Å². The molecule has 0 aliphatic heterocycles. The van der Waals surface area contributed by atoms with Crippen LogP contribution in [0.25, 0.3) is 6.08 Å². The van der Waals surface area contributed by atoms with Gasteiger partial charge in [0.2, 0.25) is 0 Å². The zero-order valence-corrected chi connectivity index (χ0v) is 7.58. The van der Waals surface area contributed by atoms with E-state index in [1.54, 1.807) is 7.11 Å². The first-order valence-corrected chi connectivity index (χ1v) is 4.18. The van der Waals surface area contributed by atoms with Crippen molar-refractivity contribution in [1.29, 1.82) is 0 Å². The molecular formula is C11H14O. The predicted molar refractivity (Wildman–Crippen MR) is 52.3 cm³/mol. The highest BCUT2D eigenvalue weighted by molar-refractivity contribution is 5.56. The minimum atomic E-state index is 0.933. The smallest absolute Gasteiger partial charge is 0.126 e. The van der Waals surface area contributed by atoms with Crippen LogP contribution in [0.4, 0.5) is 0 Å². The van der Waals surface area contributed by atoms with Gasteiger partial charge in [0.15, 0.2) is 0 Å². The number of rotatable bonds is 3. The van der Waals surface area contributed by atoms with Gasteiger partial charge in [0.25, 0.3) is 0 Å². The van der Waals surface area contributed by atoms with Crippen LogP contribution in [0.2, 0.25) is 0 Å². The molecule has 12 heavy (non-hydrogen) atoms. The summed E-state index contributed by atoms with van der Waals surface area (Å²) in [7, 11) is 1.69. The Balaban J connectivity index is 2.89. The summed E-state index contributed by atoms with van der Waals surface area (Å²) in [5, 5.41) is 0. The molecule has 0 spiro atoms. The van der Waals surface area contributed by atoms with Crippen LogP contribution < -0.4 is 4.74 Å². The van der Waals surface area contributed by atoms with Crippen molar-refractivity contribution in [2.24, 2.45) is 0 Å². The minimum absolute atomic E-state index is 0.933. The van der Waals surface area contributed by atoms with E-state index in [1.165, 1.54) is 0 Å². The first kappa shape index (κ1) is 8.85. The fraction of sp³-hybridized carbons (Fsp3) is 0.273. The fourth-order valence-electron chi connectivity index (χ4n) is 1.05. The normalized spacial score (nSPS) is 10.5. The molecule has 0 radical (unpaired) electrons. The largest absolute Gasteiger partial charge is 0.496 e. The maximum atomic E-state index is 5.19. The van der Waals surface area contributed by atoms with Crippen LogP contribution in [0.3, 0.4) is 0 Å². The zero-order valence-electron chi connectivity index (χ0n) is 7.58. The minimum Gasteiger partial charge on any atom is -0.496 e. The maximum Gasteiger partial charge on any atom is 0.126 e. The topological polar surface area (TPSA) is 9.23 Å². The van der Waals surface area contributed by atoms with Crippen molar-refractivity contribution in [2.75, 3.05) is 7.11 Å². The van der Waals surface area contributed by atoms with Crippen LogP contribution in [0.15, 0.2) is 30.3 Å². The molecule has 0 saturated heterocycles. The number of para-hydroxylation sites is 1. The Hall–Kier alpha value is -1.24. The van der Waals surface area contributed by atoms with E-state index in [0.717, 1.165) is 17.7 Å². The molecule has 0 bridgehead atoms. The second kappa shape index (κ2) is 4.60. The molecule has 0 aromatic heterocycles. The average molecular weight is 162 g/mol. The lowest BCUT2D eigenvalue weighted by Crippen LogP contribution is -1.85. The molecule has 0 heterocycles. The van der Waals surface area contributed by atoms with Crippen molar-refractivity contribution >= 4 is 6.08 Å². The van der Waals surface area contributed by atoms with Crippen molar-refractivity contribution < 1.29 is 4.74 Å². The first-order valence-electron chi connectivity index (χ1n) is 4.18. The van der Waals surface area contributed by atoms with Gasteiger partial charge in [0, 0.05) is 5.56 Å². The predicted octanol–water partition coefficient (Wildman–Crippen LogP) is 3.12. The van der Waals surface area contributed by atoms with Gasteiger partial charge in [-0.15, -0.1) is 0 Å². The summed E-state index contributed by atoms with van der Waals surface area (Å²) in [6, 6.07) is 8.00. The molecule has 64 valence electrons. The van der Waals surface area contributed by atoms with E-state index in [9.17, 15) is 0 Å². The quantitative estimate of drug-likeness (QED) is 0.663. The van der Waals surface area contributed by atoms with E-state index in [4.69, 9.17) is 4.74 Å². The molecule has 1 heteroatoms. The van der Waals surface area contributed by atoms with Crippen molar-refractivity contribution in [3.8, 4) is 5.75 Å². The lowest BCUT2D eigenvalue weighted by Gasteiger charge is -2.02. The highest BCUT2D eigenvalue weighted by Crippen LogP contribution is 2.18. The molecule has 0 saturated carbocycles. The number of hydrogen-bond donors (Lipinski definition) is 0. The van der Waals surface area contributed by atoms with Gasteiger partial charge in [-0.25, -0.2) is 0 Å². The molecule has 0 aliphatic carbocycles. The van der Waals surface area contributed by atoms with Gasteiger partial charge in [-0.3, -0.25) is 0 Å². The summed E-state index contributed by atoms with van der Waals surface area (Å²) in [6.07, 6.45) is 5.26. The Morgan fingerprint density at radius 1 is 1.33 bits per heavy atom. The van der Waals surface area contributed by atoms with E-state index in [1.807, 2.05) is 24.3 Å². The van der Waals surface area contributed by atoms with Gasteiger partial charge < -0.3 is 4.74 Å². The molecule has 1 rings (SSSR count). The summed E-state index contributed by atoms with van der Waals surface area (Å²) in [4.78, 5) is 0. The average Bonchev–Trinajstić information content (AvgIpc) is 2.15. The van der Waals surface area contributed by atoms with Crippen LogP contribution in [-0.4, -0.2) is 7.11 Å². The van der Waals surface area contributed by atoms with Gasteiger partial charge >= 0.3 is 0 Å². The number of hydrogen-bond acceptors (Lipinski definition) is 1. The molecule has 1 aromatic rings. The molecule has 0 unspecified atom stereocenters. The highest BCUT2D eigenvalue weighted by Gasteiger charge is 1.94. The SMILES string of the molecule is CC/C=C/c1ccccc1OC. The van der Waals surface area contributed by atoms with E-state index >= 15 is 0 Å². The summed E-state index contributed by atoms with van der Waals surface area (Å²) in [5.41, 5.74) is 1.14. The molecule has 1 aromatic carbocycles. The van der Waals surface area contributed by atoms with Crippen LogP contribution in [0.1, 0.15) is 18.9 Å². The number of benzene rings is 1. The van der Waals surface area contributed by atoms with Gasteiger partial charge in [-0.2, -0.15) is 0 Å². The van der Waals surface area contributed by atoms with Crippen LogP contribution in [0.5, 0.6) is 5.75 Å². The van der Waals surface area contributed by atoms with Crippen molar-refractivity contribution in [3.63, 3.8) is 0 Å². The summed E-state index contributed by atoms with van der Waals surface area (Å²) >= 11 is 0. The highest BCUT2D eigenvalue weighted by atomic mass is 16.5. The number of allylic oxidation sites excluding steroid dienone is 1. The van der Waals surface area contributed by atoms with Crippen LogP contribution in [0, 0.1) is 0 Å². The van der Waals surface area contributed by atoms with Crippen molar-refractivity contribution in [2.45, 2.75) is 13.3 Å². The third-order valence-electron chi connectivity index (χ3n) is 1.67. The molecule has 0 atom stereocenters. The summed E-state index contributed by atoms with van der Waals surface area (Å²) < 4.78 is 5.19. The van der Waals surface area contributed by atoms with Gasteiger partial charge in [0.1, 0.15) is 5.75 Å². The number of methoxy groups -OCH3 is 1. The molecule has 0 amide bonds. The third-order valence-corrected chi connectivity index (χ3v) is 1.67. The summed E-state index contributed by atoms with van der Waals surface area (Å²) in [6.45, 7) is 2.12. The second-order valence-corrected chi connectivity index (χ2v) is 2.55. The summed E-state index contributed by atoms with van der Waals surface area (Å²) in [5.74, 6) is 0.933. The van der Waals surface area contributed by atoms with E-state index in [-0.39, 0.29) is 0 Å². The second-order valence-electron chi connectivity index (χ2n) is 2.55. The molecular weight excluding hydrogens is 148 g/mol. The van der Waals surface area contributed by atoms with E-state index in [0.29, 0.717) is 0 Å². The van der Waals surface area contributed by atoms with Crippen LogP contribution in [-0.2, 0) is 0 Å². The lowest BCUT2D eigenvalue weighted by atomic mass is 10.2. The molecule has 0 fully saturated rings. The van der Waals surface area contributed by atoms with E-state index in [2.05, 4.69) is 19.1 Å². The standard InChI is InChI=1S/C11H14O/c1-3-4-7-10-8-5-6-9-11(10)12-2/h4-9H,3H2,1-2H3/b7-4+. The van der Waals surface area contributed by atoms with Gasteiger partial charge in [-0.1, -0.05) is 37.3 Å². The Morgan fingerprint density at radius 3 is 2.75 bits per heavy atom. The molecule has 1 nitrogen and oxygen atoms in total. The van der Waals surface area contributed by atoms with E-state index < -0.39 is 0 Å². The Kier molecular flexibility index (Phi) is 3.39.